The molecular formula is C21H21FN2O3. The Morgan fingerprint density at radius 1 is 1.07 bits per heavy atom. The minimum Gasteiger partial charge on any atom is -0.467 e. The van der Waals surface area contributed by atoms with Gasteiger partial charge >= 0.3 is 6.03 Å². The topological polar surface area (TPSA) is 63.5 Å². The molecule has 0 aliphatic carbocycles. The number of carbonyl (C=O) groups excluding carboxylic acids is 1. The largest absolute Gasteiger partial charge is 0.467 e. The second kappa shape index (κ2) is 9.00. The lowest BCUT2D eigenvalue weighted by atomic mass is 10.1. The molecule has 3 rings (SSSR count). The number of carbonyl (C=O) groups is 1. The number of hydrogen-bond donors (Lipinski definition) is 2. The van der Waals surface area contributed by atoms with Gasteiger partial charge in [-0.25, -0.2) is 9.18 Å². The fourth-order valence-corrected chi connectivity index (χ4v) is 2.58. The maximum Gasteiger partial charge on any atom is 0.319 e. The van der Waals surface area contributed by atoms with Crippen LogP contribution in [0.15, 0.2) is 65.3 Å². The highest BCUT2D eigenvalue weighted by molar-refractivity contribution is 5.89. The molecule has 0 fully saturated rings. The van der Waals surface area contributed by atoms with Crippen molar-refractivity contribution in [2.24, 2.45) is 0 Å². The van der Waals surface area contributed by atoms with Gasteiger partial charge in [0.25, 0.3) is 0 Å². The Morgan fingerprint density at radius 2 is 1.96 bits per heavy atom. The van der Waals surface area contributed by atoms with Gasteiger partial charge in [-0.3, -0.25) is 0 Å². The van der Waals surface area contributed by atoms with Gasteiger partial charge in [-0.15, -0.1) is 0 Å². The van der Waals surface area contributed by atoms with E-state index < -0.39 is 0 Å². The molecule has 0 aliphatic heterocycles. The number of amides is 2. The van der Waals surface area contributed by atoms with E-state index in [2.05, 4.69) is 10.6 Å². The van der Waals surface area contributed by atoms with Crippen LogP contribution in [0.5, 0.6) is 0 Å². The summed E-state index contributed by atoms with van der Waals surface area (Å²) in [6, 6.07) is 15.5. The first-order valence-electron chi connectivity index (χ1n) is 8.59. The number of aryl methyl sites for hydroxylation is 1. The Bertz CT molecular complexity index is 894. The average Bonchev–Trinajstić information content (AvgIpc) is 3.16. The molecule has 1 aromatic heterocycles. The van der Waals surface area contributed by atoms with E-state index in [9.17, 15) is 9.18 Å². The molecule has 0 atom stereocenters. The van der Waals surface area contributed by atoms with Gasteiger partial charge in [0.15, 0.2) is 0 Å². The Morgan fingerprint density at radius 3 is 2.74 bits per heavy atom. The summed E-state index contributed by atoms with van der Waals surface area (Å²) in [7, 11) is 0. The molecule has 0 saturated heterocycles. The monoisotopic (exact) mass is 368 g/mol. The zero-order valence-electron chi connectivity index (χ0n) is 15.0. The van der Waals surface area contributed by atoms with E-state index >= 15 is 0 Å². The number of benzene rings is 2. The lowest BCUT2D eigenvalue weighted by molar-refractivity contribution is 0.0930. The second-order valence-corrected chi connectivity index (χ2v) is 6.16. The SMILES string of the molecule is Cc1cc(CNC(=O)Nc2cccc(COCc3ccco3)c2)ccc1F. The lowest BCUT2D eigenvalue weighted by Crippen LogP contribution is -2.28. The van der Waals surface area contributed by atoms with Crippen LogP contribution in [0.25, 0.3) is 0 Å². The molecule has 5 nitrogen and oxygen atoms in total. The van der Waals surface area contributed by atoms with Gasteiger partial charge < -0.3 is 19.8 Å². The summed E-state index contributed by atoms with van der Waals surface area (Å²) in [5, 5.41) is 5.54. The fourth-order valence-electron chi connectivity index (χ4n) is 2.58. The zero-order valence-corrected chi connectivity index (χ0v) is 15.0. The molecular weight excluding hydrogens is 347 g/mol. The van der Waals surface area contributed by atoms with Crippen molar-refractivity contribution in [3.05, 3.63) is 89.1 Å². The van der Waals surface area contributed by atoms with Crippen molar-refractivity contribution < 1.29 is 18.3 Å². The van der Waals surface area contributed by atoms with Crippen molar-refractivity contribution in [3.63, 3.8) is 0 Å². The molecule has 0 unspecified atom stereocenters. The first-order chi connectivity index (χ1) is 13.1. The van der Waals surface area contributed by atoms with Crippen molar-refractivity contribution in [3.8, 4) is 0 Å². The van der Waals surface area contributed by atoms with E-state index in [1.165, 1.54) is 6.07 Å². The van der Waals surface area contributed by atoms with Gasteiger partial charge in [0.05, 0.1) is 12.9 Å². The van der Waals surface area contributed by atoms with Gasteiger partial charge in [-0.1, -0.05) is 24.3 Å². The highest BCUT2D eigenvalue weighted by Gasteiger charge is 2.05. The van der Waals surface area contributed by atoms with Crippen LogP contribution >= 0.6 is 0 Å². The molecule has 27 heavy (non-hydrogen) atoms. The number of halogens is 1. The van der Waals surface area contributed by atoms with Crippen LogP contribution in [-0.4, -0.2) is 6.03 Å². The molecule has 140 valence electrons. The molecule has 0 bridgehead atoms. The van der Waals surface area contributed by atoms with E-state index in [1.807, 2.05) is 30.3 Å². The predicted octanol–water partition coefficient (Wildman–Crippen LogP) is 4.77. The van der Waals surface area contributed by atoms with Crippen molar-refractivity contribution in [1.29, 1.82) is 0 Å². The van der Waals surface area contributed by atoms with Crippen LogP contribution in [0.3, 0.4) is 0 Å². The standard InChI is InChI=1S/C21H21FN2O3/c1-15-10-16(7-8-20(15)22)12-23-21(25)24-18-5-2-4-17(11-18)13-26-14-19-6-3-9-27-19/h2-11H,12-14H2,1H3,(H2,23,24,25). The highest BCUT2D eigenvalue weighted by atomic mass is 19.1. The van der Waals surface area contributed by atoms with Crippen molar-refractivity contribution in [2.75, 3.05) is 5.32 Å². The van der Waals surface area contributed by atoms with Gasteiger partial charge in [0, 0.05) is 12.2 Å². The fraction of sp³-hybridized carbons (Fsp3) is 0.190. The summed E-state index contributed by atoms with van der Waals surface area (Å²) in [6.45, 7) is 2.81. The number of rotatable bonds is 7. The van der Waals surface area contributed by atoms with Crippen molar-refractivity contribution in [1.82, 2.24) is 5.32 Å². The summed E-state index contributed by atoms with van der Waals surface area (Å²) < 4.78 is 24.1. The van der Waals surface area contributed by atoms with Gasteiger partial charge in [-0.2, -0.15) is 0 Å². The predicted molar refractivity (Wildman–Crippen MR) is 101 cm³/mol. The first-order valence-corrected chi connectivity index (χ1v) is 8.59. The third kappa shape index (κ3) is 5.69. The van der Waals surface area contributed by atoms with Crippen LogP contribution in [0.2, 0.25) is 0 Å². The molecule has 0 aliphatic rings. The van der Waals surface area contributed by atoms with Crippen molar-refractivity contribution in [2.45, 2.75) is 26.7 Å². The number of furan rings is 1. The third-order valence-electron chi connectivity index (χ3n) is 3.95. The van der Waals surface area contributed by atoms with E-state index in [1.54, 1.807) is 31.4 Å². The van der Waals surface area contributed by atoms with Crippen LogP contribution in [0, 0.1) is 12.7 Å². The molecule has 2 amide bonds. The van der Waals surface area contributed by atoms with Crippen LogP contribution < -0.4 is 10.6 Å². The molecule has 2 aromatic carbocycles. The second-order valence-electron chi connectivity index (χ2n) is 6.16. The number of urea groups is 1. The number of ether oxygens (including phenoxy) is 1. The number of nitrogens with one attached hydrogen (secondary N) is 2. The van der Waals surface area contributed by atoms with E-state index in [-0.39, 0.29) is 11.8 Å². The van der Waals surface area contributed by atoms with Crippen molar-refractivity contribution >= 4 is 11.7 Å². The minimum absolute atomic E-state index is 0.255. The quantitative estimate of drug-likeness (QED) is 0.632. The molecule has 1 heterocycles. The Kier molecular flexibility index (Phi) is 6.22. The Labute approximate surface area is 157 Å². The zero-order chi connectivity index (χ0) is 19.1. The van der Waals surface area contributed by atoms with Gasteiger partial charge in [0.1, 0.15) is 18.2 Å². The smallest absolute Gasteiger partial charge is 0.319 e. The van der Waals surface area contributed by atoms with E-state index in [4.69, 9.17) is 9.15 Å². The van der Waals surface area contributed by atoms with E-state index in [0.29, 0.717) is 31.0 Å². The molecule has 0 spiro atoms. The van der Waals surface area contributed by atoms with Crippen LogP contribution in [0.1, 0.15) is 22.5 Å². The highest BCUT2D eigenvalue weighted by Crippen LogP contribution is 2.13. The summed E-state index contributed by atoms with van der Waals surface area (Å²) >= 11 is 0. The molecule has 2 N–H and O–H groups in total. The summed E-state index contributed by atoms with van der Waals surface area (Å²) in [4.78, 5) is 12.1. The molecule has 6 heteroatoms. The van der Waals surface area contributed by atoms with Crippen LogP contribution in [0.4, 0.5) is 14.9 Å². The number of hydrogen-bond acceptors (Lipinski definition) is 3. The molecule has 3 aromatic rings. The maximum absolute atomic E-state index is 13.3. The molecule has 0 radical (unpaired) electrons. The Hall–Kier alpha value is -3.12. The summed E-state index contributed by atoms with van der Waals surface area (Å²) in [6.07, 6.45) is 1.61. The van der Waals surface area contributed by atoms with E-state index in [0.717, 1.165) is 16.9 Å². The minimum atomic E-state index is -0.328. The normalized spacial score (nSPS) is 10.6. The molecule has 0 saturated carbocycles. The van der Waals surface area contributed by atoms with Crippen LogP contribution in [-0.2, 0) is 24.5 Å². The Balaban J connectivity index is 1.47. The number of anilines is 1. The van der Waals surface area contributed by atoms with Gasteiger partial charge in [0.2, 0.25) is 0 Å². The summed E-state index contributed by atoms with van der Waals surface area (Å²) in [5.41, 5.74) is 3.00. The average molecular weight is 368 g/mol. The summed E-state index contributed by atoms with van der Waals surface area (Å²) in [5.74, 6) is 0.508. The third-order valence-corrected chi connectivity index (χ3v) is 3.95. The van der Waals surface area contributed by atoms with Gasteiger partial charge in [-0.05, 0) is 53.9 Å². The maximum atomic E-state index is 13.3. The lowest BCUT2D eigenvalue weighted by Gasteiger charge is -2.10. The first kappa shape index (κ1) is 18.7.